The van der Waals surface area contributed by atoms with Crippen LogP contribution >= 0.6 is 11.3 Å². The number of anilines is 3. The zero-order valence-corrected chi connectivity index (χ0v) is 15.7. The van der Waals surface area contributed by atoms with Gasteiger partial charge in [0.2, 0.25) is 5.91 Å². The van der Waals surface area contributed by atoms with Crippen LogP contribution in [0.5, 0.6) is 0 Å². The second-order valence-corrected chi connectivity index (χ2v) is 8.42. The van der Waals surface area contributed by atoms with E-state index in [0.717, 1.165) is 17.4 Å². The molecule has 0 bridgehead atoms. The number of rotatable bonds is 5. The summed E-state index contributed by atoms with van der Waals surface area (Å²) in [6, 6.07) is 4.63. The van der Waals surface area contributed by atoms with Crippen molar-refractivity contribution in [3.8, 4) is 0 Å². The highest BCUT2D eigenvalue weighted by Gasteiger charge is 2.26. The molecule has 2 aromatic rings. The Bertz CT molecular complexity index is 972. The Balaban J connectivity index is 2.10. The topological polar surface area (TPSA) is 90.5 Å². The molecule has 1 amide bonds. The van der Waals surface area contributed by atoms with E-state index in [0.29, 0.717) is 12.4 Å². The molecule has 0 saturated heterocycles. The Morgan fingerprint density at radius 3 is 2.88 bits per heavy atom. The van der Waals surface area contributed by atoms with Gasteiger partial charge in [-0.1, -0.05) is 6.07 Å². The van der Waals surface area contributed by atoms with Crippen molar-refractivity contribution in [2.45, 2.75) is 4.21 Å². The van der Waals surface area contributed by atoms with Gasteiger partial charge in [0.25, 0.3) is 10.0 Å². The van der Waals surface area contributed by atoms with E-state index in [4.69, 9.17) is 0 Å². The number of hydrogen-bond donors (Lipinski definition) is 3. The number of nitrogens with zero attached hydrogens (tertiary/aromatic N) is 1. The Morgan fingerprint density at radius 1 is 1.46 bits per heavy atom. The first-order valence-corrected chi connectivity index (χ1v) is 9.97. The van der Waals surface area contributed by atoms with Gasteiger partial charge in [-0.05, 0) is 23.6 Å². The molecular formula is C16H17FN4O3S2. The van der Waals surface area contributed by atoms with Gasteiger partial charge >= 0.3 is 0 Å². The molecule has 1 aromatic heterocycles. The van der Waals surface area contributed by atoms with E-state index in [-0.39, 0.29) is 21.1 Å². The van der Waals surface area contributed by atoms with Crippen molar-refractivity contribution >= 4 is 50.4 Å². The summed E-state index contributed by atoms with van der Waals surface area (Å²) in [4.78, 5) is 13.2. The van der Waals surface area contributed by atoms with Gasteiger partial charge in [0.1, 0.15) is 4.21 Å². The van der Waals surface area contributed by atoms with E-state index in [1.165, 1.54) is 19.2 Å². The van der Waals surface area contributed by atoms with Gasteiger partial charge in [0.05, 0.1) is 23.7 Å². The third-order valence-corrected chi connectivity index (χ3v) is 6.60. The molecule has 0 unspecified atom stereocenters. The number of hydrogen-bond acceptors (Lipinski definition) is 6. The Kier molecular flexibility index (Phi) is 4.88. The van der Waals surface area contributed by atoms with E-state index < -0.39 is 21.7 Å². The molecule has 0 atom stereocenters. The normalized spacial score (nSPS) is 13.6. The van der Waals surface area contributed by atoms with Gasteiger partial charge in [-0.2, -0.15) is 0 Å². The molecule has 7 nitrogen and oxygen atoms in total. The number of halogens is 1. The zero-order chi connectivity index (χ0) is 18.9. The molecular weight excluding hydrogens is 379 g/mol. The third-order valence-electron chi connectivity index (χ3n) is 3.84. The van der Waals surface area contributed by atoms with Crippen LogP contribution in [0.15, 0.2) is 33.9 Å². The highest BCUT2D eigenvalue weighted by Crippen LogP contribution is 2.40. The highest BCUT2D eigenvalue weighted by molar-refractivity contribution is 7.94. The van der Waals surface area contributed by atoms with Crippen LogP contribution in [0.1, 0.15) is 5.56 Å². The van der Waals surface area contributed by atoms with Crippen molar-refractivity contribution in [3.05, 3.63) is 41.0 Å². The number of benzene rings is 1. The van der Waals surface area contributed by atoms with Crippen molar-refractivity contribution < 1.29 is 17.6 Å². The molecule has 0 radical (unpaired) electrons. The lowest BCUT2D eigenvalue weighted by molar-refractivity contribution is -0.115. The number of nitrogens with one attached hydrogen (secondary N) is 3. The third kappa shape index (κ3) is 3.37. The van der Waals surface area contributed by atoms with Crippen molar-refractivity contribution in [1.82, 2.24) is 5.32 Å². The maximum absolute atomic E-state index is 15.0. The van der Waals surface area contributed by atoms with Crippen LogP contribution < -0.4 is 20.3 Å². The number of carbonyl (C=O) groups is 1. The van der Waals surface area contributed by atoms with Gasteiger partial charge in [-0.25, -0.2) is 12.8 Å². The quantitative estimate of drug-likeness (QED) is 0.675. The Labute approximate surface area is 154 Å². The molecule has 3 N–H and O–H groups in total. The van der Waals surface area contributed by atoms with Crippen LogP contribution in [-0.4, -0.2) is 35.1 Å². The Hall–Kier alpha value is -2.59. The number of fused-ring (bicyclic) bond motifs is 1. The van der Waals surface area contributed by atoms with Crippen LogP contribution in [0.25, 0.3) is 6.08 Å². The molecule has 3 rings (SSSR count). The molecule has 1 aromatic carbocycles. The summed E-state index contributed by atoms with van der Waals surface area (Å²) in [7, 11) is -0.653. The van der Waals surface area contributed by atoms with E-state index in [9.17, 15) is 17.6 Å². The average molecular weight is 396 g/mol. The minimum Gasteiger partial charge on any atom is -0.364 e. The number of amides is 1. The summed E-state index contributed by atoms with van der Waals surface area (Å²) in [6.45, 7) is 0.395. The van der Waals surface area contributed by atoms with Crippen molar-refractivity contribution in [1.29, 1.82) is 0 Å². The predicted octanol–water partition coefficient (Wildman–Crippen LogP) is 2.27. The first kappa shape index (κ1) is 18.2. The summed E-state index contributed by atoms with van der Waals surface area (Å²) in [6.07, 6.45) is 2.40. The second kappa shape index (κ2) is 6.96. The largest absolute Gasteiger partial charge is 0.364 e. The number of likely N-dealkylation sites (N-methyl/N-ethyl adjacent to an activating group) is 1. The maximum Gasteiger partial charge on any atom is 0.271 e. The fourth-order valence-electron chi connectivity index (χ4n) is 2.51. The summed E-state index contributed by atoms with van der Waals surface area (Å²) >= 11 is 1.06. The highest BCUT2D eigenvalue weighted by atomic mass is 32.2. The van der Waals surface area contributed by atoms with Gasteiger partial charge in [0, 0.05) is 25.7 Å². The second-order valence-electron chi connectivity index (χ2n) is 5.56. The van der Waals surface area contributed by atoms with E-state index in [1.54, 1.807) is 29.5 Å². The van der Waals surface area contributed by atoms with Gasteiger partial charge < -0.3 is 15.5 Å². The van der Waals surface area contributed by atoms with Crippen molar-refractivity contribution in [2.75, 3.05) is 35.7 Å². The van der Waals surface area contributed by atoms with Crippen LogP contribution in [-0.2, 0) is 14.8 Å². The van der Waals surface area contributed by atoms with E-state index in [2.05, 4.69) is 15.4 Å². The predicted molar refractivity (Wildman–Crippen MR) is 102 cm³/mol. The lowest BCUT2D eigenvalue weighted by Gasteiger charge is -2.16. The minimum atomic E-state index is -3.86. The first-order valence-electron chi connectivity index (χ1n) is 7.61. The molecule has 1 aliphatic rings. The van der Waals surface area contributed by atoms with Crippen molar-refractivity contribution in [3.63, 3.8) is 0 Å². The molecule has 0 spiro atoms. The molecule has 10 heteroatoms. The number of thiophene rings is 1. The van der Waals surface area contributed by atoms with Crippen LogP contribution in [0, 0.1) is 5.82 Å². The average Bonchev–Trinajstić information content (AvgIpc) is 3.25. The lowest BCUT2D eigenvalue weighted by atomic mass is 10.1. The summed E-state index contributed by atoms with van der Waals surface area (Å²) in [5.74, 6) is -1.06. The van der Waals surface area contributed by atoms with Crippen LogP contribution in [0.3, 0.4) is 0 Å². The lowest BCUT2D eigenvalue weighted by Crippen LogP contribution is -2.16. The fourth-order valence-corrected chi connectivity index (χ4v) is 4.57. The molecule has 1 aliphatic heterocycles. The minimum absolute atomic E-state index is 0.0183. The number of sulfonamides is 1. The maximum atomic E-state index is 15.0. The molecule has 138 valence electrons. The van der Waals surface area contributed by atoms with Gasteiger partial charge in [-0.15, -0.1) is 11.3 Å². The zero-order valence-electron chi connectivity index (χ0n) is 14.0. The van der Waals surface area contributed by atoms with E-state index >= 15 is 0 Å². The van der Waals surface area contributed by atoms with Crippen LogP contribution in [0.4, 0.5) is 21.5 Å². The van der Waals surface area contributed by atoms with Gasteiger partial charge in [-0.3, -0.25) is 9.52 Å². The SMILES string of the molecule is CNC(=O)C=Cc1c(NS(=O)(=O)c2cccs2)cc2c(c1F)NCN2C. The van der Waals surface area contributed by atoms with Gasteiger partial charge in [0.15, 0.2) is 5.82 Å². The smallest absolute Gasteiger partial charge is 0.271 e. The summed E-state index contributed by atoms with van der Waals surface area (Å²) in [5, 5.41) is 6.96. The molecule has 0 aliphatic carbocycles. The molecule has 0 fully saturated rings. The molecule has 2 heterocycles. The standard InChI is InChI=1S/C16H17FN4O3S2/c1-18-13(22)6-5-10-11(20-26(23,24)14-4-3-7-25-14)8-12-16(15(10)17)19-9-21(12)2/h3-8,19-20H,9H2,1-2H3,(H,18,22). The number of carbonyl (C=O) groups excluding carboxylic acids is 1. The fraction of sp³-hybridized carbons (Fsp3) is 0.188. The first-order chi connectivity index (χ1) is 12.3. The van der Waals surface area contributed by atoms with Crippen molar-refractivity contribution in [2.24, 2.45) is 0 Å². The summed E-state index contributed by atoms with van der Waals surface area (Å²) < 4.78 is 42.6. The van der Waals surface area contributed by atoms with Crippen LogP contribution in [0.2, 0.25) is 0 Å². The molecule has 0 saturated carbocycles. The monoisotopic (exact) mass is 396 g/mol. The summed E-state index contributed by atoms with van der Waals surface area (Å²) in [5.41, 5.74) is 0.840. The van der Waals surface area contributed by atoms with E-state index in [1.807, 2.05) is 0 Å². The molecule has 26 heavy (non-hydrogen) atoms. The Morgan fingerprint density at radius 2 is 2.23 bits per heavy atom.